The lowest BCUT2D eigenvalue weighted by Gasteiger charge is -2.23. The number of rotatable bonds is 6. The highest BCUT2D eigenvalue weighted by atomic mass is 35.5. The number of allylic oxidation sites excluding steroid dienone is 1. The number of ketones is 1. The van der Waals surface area contributed by atoms with Crippen LogP contribution in [0.5, 0.6) is 0 Å². The summed E-state index contributed by atoms with van der Waals surface area (Å²) < 4.78 is 4.58. The van der Waals surface area contributed by atoms with Crippen molar-refractivity contribution in [2.45, 2.75) is 34.1 Å². The number of carboxylic acids is 1. The van der Waals surface area contributed by atoms with Gasteiger partial charge in [-0.15, -0.1) is 0 Å². The van der Waals surface area contributed by atoms with E-state index in [1.54, 1.807) is 0 Å². The van der Waals surface area contributed by atoms with Crippen LogP contribution >= 0.6 is 23.2 Å². The Morgan fingerprint density at radius 3 is 1.90 bits per heavy atom. The van der Waals surface area contributed by atoms with Crippen molar-refractivity contribution in [3.63, 3.8) is 0 Å². The average molecular weight is 325 g/mol. The molecule has 7 heteroatoms. The molecule has 114 valence electrons. The zero-order valence-corrected chi connectivity index (χ0v) is 13.6. The number of carboxylic acid groups (broad SMARTS) is 1. The van der Waals surface area contributed by atoms with Crippen LogP contribution in [0.15, 0.2) is 10.1 Å². The second kappa shape index (κ2) is 6.59. The minimum absolute atomic E-state index is 0.169. The third-order valence-corrected chi connectivity index (χ3v) is 4.02. The minimum atomic E-state index is -1.28. The number of Topliss-reactive ketones (excluding diaryl/α,β-unsaturated/α-hetero) is 1. The lowest BCUT2D eigenvalue weighted by molar-refractivity contribution is -0.149. The number of halogens is 2. The summed E-state index contributed by atoms with van der Waals surface area (Å²) in [5.74, 6) is -2.41. The summed E-state index contributed by atoms with van der Waals surface area (Å²) in [4.78, 5) is 34.5. The molecule has 0 unspecified atom stereocenters. The lowest BCUT2D eigenvalue weighted by Crippen LogP contribution is -2.29. The Hall–Kier alpha value is -1.07. The second-order valence-corrected chi connectivity index (χ2v) is 6.29. The maximum atomic E-state index is 12.0. The smallest absolute Gasteiger partial charge is 0.316 e. The normalized spacial score (nSPS) is 13.6. The van der Waals surface area contributed by atoms with E-state index >= 15 is 0 Å². The summed E-state index contributed by atoms with van der Waals surface area (Å²) in [7, 11) is 1.19. The van der Waals surface area contributed by atoms with Crippen molar-refractivity contribution >= 4 is 40.9 Å². The van der Waals surface area contributed by atoms with Gasteiger partial charge in [0.2, 0.25) is 0 Å². The molecular formula is C13H18Cl2O5. The van der Waals surface area contributed by atoms with E-state index in [1.807, 2.05) is 0 Å². The van der Waals surface area contributed by atoms with Gasteiger partial charge in [0, 0.05) is 6.42 Å². The highest BCUT2D eigenvalue weighted by molar-refractivity contribution is 6.49. The molecule has 1 N–H and O–H groups in total. The molecule has 0 fully saturated rings. The molecule has 0 heterocycles. The second-order valence-electron chi connectivity index (χ2n) is 5.53. The van der Waals surface area contributed by atoms with Crippen LogP contribution < -0.4 is 0 Å². The molecule has 0 amide bonds. The molecular weight excluding hydrogens is 307 g/mol. The minimum Gasteiger partial charge on any atom is -0.481 e. The predicted molar refractivity (Wildman–Crippen MR) is 75.6 cm³/mol. The zero-order chi connectivity index (χ0) is 16.3. The molecule has 5 nitrogen and oxygen atoms in total. The highest BCUT2D eigenvalue weighted by Crippen LogP contribution is 2.36. The van der Waals surface area contributed by atoms with Gasteiger partial charge in [0.1, 0.15) is 0 Å². The van der Waals surface area contributed by atoms with Gasteiger partial charge in [0.05, 0.1) is 28.0 Å². The van der Waals surface area contributed by atoms with E-state index in [-0.39, 0.29) is 16.5 Å². The number of carbonyl (C=O) groups is 3. The molecule has 0 atom stereocenters. The van der Waals surface area contributed by atoms with E-state index in [1.165, 1.54) is 34.8 Å². The van der Waals surface area contributed by atoms with Crippen LogP contribution in [-0.4, -0.2) is 29.9 Å². The van der Waals surface area contributed by atoms with Crippen LogP contribution in [0.4, 0.5) is 0 Å². The molecule has 0 bridgehead atoms. The Morgan fingerprint density at radius 1 is 1.10 bits per heavy atom. The molecule has 0 saturated carbocycles. The summed E-state index contributed by atoms with van der Waals surface area (Å²) in [6, 6.07) is 0. The van der Waals surface area contributed by atoms with Crippen LogP contribution in [0.3, 0.4) is 0 Å². The molecule has 0 aliphatic heterocycles. The number of aliphatic carboxylic acids is 1. The van der Waals surface area contributed by atoms with Crippen molar-refractivity contribution in [1.82, 2.24) is 0 Å². The fourth-order valence-corrected chi connectivity index (χ4v) is 1.78. The standard InChI is InChI=1S/C13H18Cl2O5/c1-12(2,10(17)18)6-7(16)8(14)9(15)13(3,4)11(19)20-5/h6H2,1-5H3,(H,17,18)/b9-8-. The fraction of sp³-hybridized carbons (Fsp3) is 0.615. The van der Waals surface area contributed by atoms with Crippen molar-refractivity contribution in [3.8, 4) is 0 Å². The first-order valence-electron chi connectivity index (χ1n) is 5.78. The first-order chi connectivity index (χ1) is 8.87. The van der Waals surface area contributed by atoms with Gasteiger partial charge in [-0.25, -0.2) is 0 Å². The SMILES string of the molecule is COC(=O)C(C)(C)/C(Cl)=C(/Cl)C(=O)CC(C)(C)C(=O)O. The Kier molecular flexibility index (Phi) is 6.24. The summed E-state index contributed by atoms with van der Waals surface area (Å²) in [6.07, 6.45) is -0.325. The Morgan fingerprint density at radius 2 is 1.55 bits per heavy atom. The molecule has 20 heavy (non-hydrogen) atoms. The van der Waals surface area contributed by atoms with Crippen molar-refractivity contribution < 1.29 is 24.2 Å². The van der Waals surface area contributed by atoms with Gasteiger partial charge < -0.3 is 9.84 Å². The first kappa shape index (κ1) is 18.9. The van der Waals surface area contributed by atoms with Crippen molar-refractivity contribution in [3.05, 3.63) is 10.1 Å². The highest BCUT2D eigenvalue weighted by Gasteiger charge is 2.37. The molecule has 0 aromatic rings. The summed E-state index contributed by atoms with van der Waals surface area (Å²) in [5, 5.41) is 8.46. The third kappa shape index (κ3) is 4.21. The van der Waals surface area contributed by atoms with E-state index in [4.69, 9.17) is 28.3 Å². The van der Waals surface area contributed by atoms with Gasteiger partial charge in [-0.2, -0.15) is 0 Å². The molecule has 0 aromatic carbocycles. The van der Waals surface area contributed by atoms with Gasteiger partial charge in [-0.1, -0.05) is 23.2 Å². The molecule has 0 saturated heterocycles. The maximum Gasteiger partial charge on any atom is 0.316 e. The Balaban J connectivity index is 5.37. The van der Waals surface area contributed by atoms with Crippen LogP contribution in [-0.2, 0) is 19.1 Å². The number of carbonyl (C=O) groups excluding carboxylic acids is 2. The monoisotopic (exact) mass is 324 g/mol. The molecule has 0 aliphatic rings. The molecule has 0 radical (unpaired) electrons. The predicted octanol–water partition coefficient (Wildman–Crippen LogP) is 2.94. The zero-order valence-electron chi connectivity index (χ0n) is 12.0. The first-order valence-corrected chi connectivity index (χ1v) is 6.54. The van der Waals surface area contributed by atoms with E-state index in [0.717, 1.165) is 0 Å². The van der Waals surface area contributed by atoms with Gasteiger partial charge >= 0.3 is 11.9 Å². The van der Waals surface area contributed by atoms with Crippen LogP contribution in [0.25, 0.3) is 0 Å². The maximum absolute atomic E-state index is 12.0. The molecule has 0 aliphatic carbocycles. The Labute approximate surface area is 127 Å². The van der Waals surface area contributed by atoms with Gasteiger partial charge in [0.25, 0.3) is 0 Å². The number of ether oxygens (including phenoxy) is 1. The Bertz CT molecular complexity index is 463. The molecule has 0 aromatic heterocycles. The van der Waals surface area contributed by atoms with Gasteiger partial charge in [0.15, 0.2) is 5.78 Å². The number of esters is 1. The lowest BCUT2D eigenvalue weighted by atomic mass is 9.86. The van der Waals surface area contributed by atoms with Crippen LogP contribution in [0, 0.1) is 10.8 Å². The van der Waals surface area contributed by atoms with E-state index < -0.39 is 28.6 Å². The molecule has 0 spiro atoms. The van der Waals surface area contributed by atoms with Crippen LogP contribution in [0.1, 0.15) is 34.1 Å². The van der Waals surface area contributed by atoms with Gasteiger partial charge in [-0.05, 0) is 27.7 Å². The quantitative estimate of drug-likeness (QED) is 0.600. The van der Waals surface area contributed by atoms with Crippen molar-refractivity contribution in [1.29, 1.82) is 0 Å². The van der Waals surface area contributed by atoms with E-state index in [0.29, 0.717) is 0 Å². The van der Waals surface area contributed by atoms with Crippen molar-refractivity contribution in [2.75, 3.05) is 7.11 Å². The summed E-state index contributed by atoms with van der Waals surface area (Å²) >= 11 is 11.9. The third-order valence-electron chi connectivity index (χ3n) is 2.86. The van der Waals surface area contributed by atoms with Gasteiger partial charge in [-0.3, -0.25) is 14.4 Å². The van der Waals surface area contributed by atoms with E-state index in [9.17, 15) is 14.4 Å². The number of hydrogen-bond acceptors (Lipinski definition) is 4. The summed E-state index contributed by atoms with van der Waals surface area (Å²) in [6.45, 7) is 5.71. The molecule has 0 rings (SSSR count). The van der Waals surface area contributed by atoms with E-state index in [2.05, 4.69) is 4.74 Å². The number of hydrogen-bond donors (Lipinski definition) is 1. The topological polar surface area (TPSA) is 80.7 Å². The van der Waals surface area contributed by atoms with Crippen molar-refractivity contribution in [2.24, 2.45) is 10.8 Å². The average Bonchev–Trinajstić information content (AvgIpc) is 2.34. The van der Waals surface area contributed by atoms with Crippen LogP contribution in [0.2, 0.25) is 0 Å². The summed E-state index contributed by atoms with van der Waals surface area (Å²) in [5.41, 5.74) is -2.56. The fourth-order valence-electron chi connectivity index (χ4n) is 1.30. The largest absolute Gasteiger partial charge is 0.481 e. The number of methoxy groups -OCH3 is 1.